The van der Waals surface area contributed by atoms with Crippen molar-refractivity contribution in [2.45, 2.75) is 26.2 Å². The lowest BCUT2D eigenvalue weighted by atomic mass is 9.91. The van der Waals surface area contributed by atoms with Gasteiger partial charge in [-0.05, 0) is 177 Å². The molecule has 10 aromatic carbocycles. The fourth-order valence-corrected chi connectivity index (χ4v) is 9.83. The number of aromatic nitrogens is 1. The number of rotatable bonds is 8. The number of nitrogens with zero attached hydrogens (tertiary/aromatic N) is 1. The van der Waals surface area contributed by atoms with Gasteiger partial charge in [-0.1, -0.05) is 145 Å². The summed E-state index contributed by atoms with van der Waals surface area (Å²) >= 11 is 0. The average Bonchev–Trinajstić information content (AvgIpc) is 3.71. The van der Waals surface area contributed by atoms with Crippen LogP contribution < -0.4 is 0 Å². The minimum atomic E-state index is -4.60. The Labute approximate surface area is 407 Å². The number of hydrogen-bond acceptors (Lipinski definition) is 0. The third-order valence-electron chi connectivity index (χ3n) is 13.3. The van der Waals surface area contributed by atoms with Crippen LogP contribution in [0.4, 0.5) is 26.3 Å². The quantitative estimate of drug-likeness (QED) is 0.134. The third kappa shape index (κ3) is 8.92. The second-order valence-electron chi connectivity index (χ2n) is 18.2. The molecule has 0 saturated carbocycles. The lowest BCUT2D eigenvalue weighted by Gasteiger charge is -2.15. The van der Waals surface area contributed by atoms with Crippen LogP contribution in [0.25, 0.3) is 105 Å². The zero-order valence-electron chi connectivity index (χ0n) is 38.6. The highest BCUT2D eigenvalue weighted by atomic mass is 19.4. The van der Waals surface area contributed by atoms with Crippen LogP contribution >= 0.6 is 0 Å². The molecule has 0 bridgehead atoms. The lowest BCUT2D eigenvalue weighted by molar-refractivity contribution is -0.138. The Morgan fingerprint density at radius 3 is 1.04 bits per heavy atom. The number of hydrogen-bond donors (Lipinski definition) is 0. The molecule has 0 atom stereocenters. The van der Waals surface area contributed by atoms with Gasteiger partial charge in [0.25, 0.3) is 0 Å². The Bertz CT molecular complexity index is 3680. The van der Waals surface area contributed by atoms with Crippen LogP contribution in [0.3, 0.4) is 0 Å². The van der Waals surface area contributed by atoms with E-state index >= 15 is 0 Å². The smallest absolute Gasteiger partial charge is 0.309 e. The molecule has 0 aliphatic heterocycles. The maximum absolute atomic E-state index is 14.1. The molecule has 1 heterocycles. The van der Waals surface area contributed by atoms with Gasteiger partial charge in [0.05, 0.1) is 27.8 Å². The van der Waals surface area contributed by atoms with Crippen molar-refractivity contribution in [1.29, 1.82) is 0 Å². The molecule has 0 amide bonds. The van der Waals surface area contributed by atoms with E-state index in [9.17, 15) is 26.3 Å². The van der Waals surface area contributed by atoms with Gasteiger partial charge in [0.15, 0.2) is 0 Å². The predicted molar refractivity (Wildman–Crippen MR) is 278 cm³/mol. The van der Waals surface area contributed by atoms with Gasteiger partial charge in [0.2, 0.25) is 0 Å². The largest absolute Gasteiger partial charge is 0.416 e. The number of para-hydroxylation sites is 1. The van der Waals surface area contributed by atoms with Crippen molar-refractivity contribution in [3.05, 3.63) is 247 Å². The van der Waals surface area contributed by atoms with E-state index in [0.717, 1.165) is 113 Å². The van der Waals surface area contributed by atoms with Crippen LogP contribution in [0.5, 0.6) is 0 Å². The van der Waals surface area contributed by atoms with Gasteiger partial charge in [-0.3, -0.25) is 0 Å². The fraction of sp³-hybridized carbons (Fsp3) is 0.0625. The predicted octanol–water partition coefficient (Wildman–Crippen LogP) is 19.1. The van der Waals surface area contributed by atoms with Crippen LogP contribution in [0, 0.1) is 13.8 Å². The summed E-state index contributed by atoms with van der Waals surface area (Å²) in [4.78, 5) is 0. The molecule has 0 spiro atoms. The van der Waals surface area contributed by atoms with Crippen LogP contribution in [0.15, 0.2) is 224 Å². The maximum Gasteiger partial charge on any atom is 0.416 e. The molecule has 11 rings (SSSR count). The molecule has 0 N–H and O–H groups in total. The summed E-state index contributed by atoms with van der Waals surface area (Å²) in [5, 5.41) is 1.88. The van der Waals surface area contributed by atoms with Crippen LogP contribution in [-0.2, 0) is 12.4 Å². The number of alkyl halides is 6. The Morgan fingerprint density at radius 1 is 0.282 bits per heavy atom. The molecule has 0 aliphatic carbocycles. The highest BCUT2D eigenvalue weighted by Crippen LogP contribution is 2.43. The van der Waals surface area contributed by atoms with E-state index < -0.39 is 23.5 Å². The SMILES string of the molecule is Cc1cccc(-c2cc(-c3cccc(C)c3)cc(-c3ccc4c(c3)c3cc(-c5cc(-c6cccc(C(F)(F)F)c6)cc(-c6cccc(C(F)(F)F)c6)c5)ccc3n4-c3ccccc3-c3ccccc3)c2)c1. The second kappa shape index (κ2) is 17.8. The molecule has 1 aromatic heterocycles. The molecule has 0 aliphatic rings. The van der Waals surface area contributed by atoms with Gasteiger partial charge in [-0.25, -0.2) is 0 Å². The van der Waals surface area contributed by atoms with Crippen molar-refractivity contribution in [2.24, 2.45) is 0 Å². The first-order valence-corrected chi connectivity index (χ1v) is 23.3. The summed E-state index contributed by atoms with van der Waals surface area (Å²) in [6.45, 7) is 4.19. The summed E-state index contributed by atoms with van der Waals surface area (Å²) in [5.74, 6) is 0. The summed E-state index contributed by atoms with van der Waals surface area (Å²) in [6.07, 6.45) is -9.20. The number of halogens is 6. The maximum atomic E-state index is 14.1. The Kier molecular flexibility index (Phi) is 11.3. The van der Waals surface area contributed by atoms with Crippen molar-refractivity contribution in [2.75, 3.05) is 0 Å². The molecule has 11 aromatic rings. The summed E-state index contributed by atoms with van der Waals surface area (Å²) in [6, 6.07) is 70.2. The molecule has 71 heavy (non-hydrogen) atoms. The van der Waals surface area contributed by atoms with Crippen molar-refractivity contribution in [3.8, 4) is 83.6 Å². The lowest BCUT2D eigenvalue weighted by Crippen LogP contribution is -2.04. The van der Waals surface area contributed by atoms with Crippen molar-refractivity contribution in [1.82, 2.24) is 4.57 Å². The van der Waals surface area contributed by atoms with Gasteiger partial charge in [-0.15, -0.1) is 0 Å². The van der Waals surface area contributed by atoms with Crippen molar-refractivity contribution >= 4 is 21.8 Å². The molecule has 0 unspecified atom stereocenters. The number of benzene rings is 10. The Hall–Kier alpha value is -8.42. The summed E-state index contributed by atoms with van der Waals surface area (Å²) < 4.78 is 86.9. The average molecular weight is 940 g/mol. The van der Waals surface area contributed by atoms with Gasteiger partial charge in [0, 0.05) is 16.3 Å². The van der Waals surface area contributed by atoms with E-state index in [2.05, 4.69) is 140 Å². The molecule has 346 valence electrons. The van der Waals surface area contributed by atoms with E-state index in [0.29, 0.717) is 16.7 Å². The second-order valence-corrected chi connectivity index (χ2v) is 18.2. The molecule has 0 radical (unpaired) electrons. The first kappa shape index (κ1) is 45.0. The standard InChI is InChI=1S/C64H43F6N/c1-40-12-8-16-43(28-40)49-30-50(44-17-9-13-41(2)29-44)32-53(31-49)47-24-26-61-58(38-47)59-39-48(25-27-62(59)71(61)60-23-7-6-22-57(60)42-14-4-3-5-15-42)54-34-51(45-18-10-20-55(36-45)63(65,66)67)33-52(35-54)46-19-11-21-56(37-46)64(68,69)70/h3-39H,1-2H3. The van der Waals surface area contributed by atoms with Crippen LogP contribution in [0.2, 0.25) is 0 Å². The van der Waals surface area contributed by atoms with Gasteiger partial charge < -0.3 is 4.57 Å². The van der Waals surface area contributed by atoms with Crippen LogP contribution in [0.1, 0.15) is 22.3 Å². The van der Waals surface area contributed by atoms with Crippen molar-refractivity contribution in [3.63, 3.8) is 0 Å². The van der Waals surface area contributed by atoms with E-state index in [4.69, 9.17) is 0 Å². The van der Waals surface area contributed by atoms with Crippen LogP contribution in [-0.4, -0.2) is 4.57 Å². The molecule has 7 heteroatoms. The Morgan fingerprint density at radius 2 is 0.634 bits per heavy atom. The van der Waals surface area contributed by atoms with Gasteiger partial charge >= 0.3 is 12.4 Å². The molecular weight excluding hydrogens is 897 g/mol. The molecule has 0 saturated heterocycles. The number of aryl methyl sites for hydroxylation is 2. The Balaban J connectivity index is 1.16. The highest BCUT2D eigenvalue weighted by Gasteiger charge is 2.32. The third-order valence-corrected chi connectivity index (χ3v) is 13.3. The first-order valence-electron chi connectivity index (χ1n) is 23.3. The van der Waals surface area contributed by atoms with Gasteiger partial charge in [0.1, 0.15) is 0 Å². The fourth-order valence-electron chi connectivity index (χ4n) is 9.83. The summed E-state index contributed by atoms with van der Waals surface area (Å²) in [7, 11) is 0. The van der Waals surface area contributed by atoms with E-state index in [1.54, 1.807) is 18.2 Å². The molecule has 0 fully saturated rings. The first-order chi connectivity index (χ1) is 34.2. The molecule has 1 nitrogen and oxygen atoms in total. The monoisotopic (exact) mass is 939 g/mol. The zero-order valence-corrected chi connectivity index (χ0v) is 38.6. The van der Waals surface area contributed by atoms with Crippen molar-refractivity contribution < 1.29 is 26.3 Å². The number of fused-ring (bicyclic) bond motifs is 3. The normalized spacial score (nSPS) is 11.9. The van der Waals surface area contributed by atoms with Gasteiger partial charge in [-0.2, -0.15) is 26.3 Å². The minimum absolute atomic E-state index is 0.285. The zero-order chi connectivity index (χ0) is 49.0. The molecular formula is C64H43F6N. The van der Waals surface area contributed by atoms with E-state index in [1.165, 1.54) is 12.1 Å². The minimum Gasteiger partial charge on any atom is -0.309 e. The topological polar surface area (TPSA) is 4.93 Å². The van der Waals surface area contributed by atoms with E-state index in [-0.39, 0.29) is 11.1 Å². The summed E-state index contributed by atoms with van der Waals surface area (Å²) in [5.41, 5.74) is 14.8. The highest BCUT2D eigenvalue weighted by molar-refractivity contribution is 6.12. The van der Waals surface area contributed by atoms with E-state index in [1.807, 2.05) is 48.5 Å².